The first-order valence-electron chi connectivity index (χ1n) is 6.60. The summed E-state index contributed by atoms with van der Waals surface area (Å²) in [5.74, 6) is -0.158. The van der Waals surface area contributed by atoms with Gasteiger partial charge in [0.25, 0.3) is 0 Å². The molecule has 3 N–H and O–H groups in total. The van der Waals surface area contributed by atoms with E-state index in [1.807, 2.05) is 6.92 Å². The predicted octanol–water partition coefficient (Wildman–Crippen LogP) is -0.407. The first kappa shape index (κ1) is 16.1. The van der Waals surface area contributed by atoms with E-state index in [0.29, 0.717) is 13.0 Å². The highest BCUT2D eigenvalue weighted by atomic mass is 32.2. The van der Waals surface area contributed by atoms with Gasteiger partial charge in [-0.1, -0.05) is 17.3 Å². The number of hydrogen-bond acceptors (Lipinski definition) is 5. The molecule has 2 rings (SSSR count). The quantitative estimate of drug-likeness (QED) is 0.749. The molecule has 0 spiro atoms. The van der Waals surface area contributed by atoms with E-state index in [9.17, 15) is 13.2 Å². The number of nitrogens with one attached hydrogen (secondary N) is 1. The maximum absolute atomic E-state index is 11.7. The molecule has 0 radical (unpaired) electrons. The molecule has 1 aromatic heterocycles. The molecule has 1 amide bonds. The molecule has 22 heavy (non-hydrogen) atoms. The van der Waals surface area contributed by atoms with Crippen molar-refractivity contribution in [3.63, 3.8) is 0 Å². The Morgan fingerprint density at radius 2 is 2.00 bits per heavy atom. The van der Waals surface area contributed by atoms with Crippen molar-refractivity contribution in [1.29, 1.82) is 0 Å². The summed E-state index contributed by atoms with van der Waals surface area (Å²) >= 11 is 0. The van der Waals surface area contributed by atoms with Gasteiger partial charge in [0, 0.05) is 6.54 Å². The Balaban J connectivity index is 1.81. The third kappa shape index (κ3) is 4.37. The van der Waals surface area contributed by atoms with Gasteiger partial charge < -0.3 is 5.32 Å². The van der Waals surface area contributed by atoms with Crippen LogP contribution in [-0.2, 0) is 27.8 Å². The molecule has 0 atom stereocenters. The summed E-state index contributed by atoms with van der Waals surface area (Å²) in [6.45, 7) is 2.39. The fourth-order valence-corrected chi connectivity index (χ4v) is 2.36. The van der Waals surface area contributed by atoms with Crippen molar-refractivity contribution in [2.45, 2.75) is 24.8 Å². The number of nitrogens with two attached hydrogens (primary N) is 1. The Labute approximate surface area is 128 Å². The van der Waals surface area contributed by atoms with Crippen LogP contribution in [0.25, 0.3) is 0 Å². The lowest BCUT2D eigenvalue weighted by atomic mass is 10.1. The number of amides is 1. The SMILES string of the molecule is Cc1cnnn1CC(=O)NCCc1ccc(S(N)(=O)=O)cc1. The molecular formula is C13H17N5O3S. The van der Waals surface area contributed by atoms with Crippen molar-refractivity contribution in [3.8, 4) is 0 Å². The van der Waals surface area contributed by atoms with Crippen LogP contribution in [0.5, 0.6) is 0 Å². The molecule has 0 aliphatic carbocycles. The number of hydrogen-bond donors (Lipinski definition) is 2. The normalized spacial score (nSPS) is 11.4. The zero-order chi connectivity index (χ0) is 16.2. The van der Waals surface area contributed by atoms with Crippen LogP contribution in [0.15, 0.2) is 35.4 Å². The van der Waals surface area contributed by atoms with Gasteiger partial charge in [-0.3, -0.25) is 4.79 Å². The standard InChI is InChI=1S/C13H17N5O3S/c1-10-8-16-17-18(10)9-13(19)15-7-6-11-2-4-12(5-3-11)22(14,20)21/h2-5,8H,6-7,9H2,1H3,(H,15,19)(H2,14,20,21). The summed E-state index contributed by atoms with van der Waals surface area (Å²) in [5.41, 5.74) is 1.72. The maximum atomic E-state index is 11.7. The fraction of sp³-hybridized carbons (Fsp3) is 0.308. The number of aromatic nitrogens is 3. The lowest BCUT2D eigenvalue weighted by molar-refractivity contribution is -0.121. The van der Waals surface area contributed by atoms with Crippen molar-refractivity contribution in [2.75, 3.05) is 6.54 Å². The Morgan fingerprint density at radius 1 is 1.32 bits per heavy atom. The van der Waals surface area contributed by atoms with Crippen molar-refractivity contribution >= 4 is 15.9 Å². The van der Waals surface area contributed by atoms with Crippen molar-refractivity contribution in [3.05, 3.63) is 41.7 Å². The van der Waals surface area contributed by atoms with E-state index in [1.54, 1.807) is 18.3 Å². The van der Waals surface area contributed by atoms with Crippen LogP contribution in [0.3, 0.4) is 0 Å². The van der Waals surface area contributed by atoms with E-state index in [0.717, 1.165) is 11.3 Å². The molecule has 1 aromatic carbocycles. The molecule has 118 valence electrons. The topological polar surface area (TPSA) is 120 Å². The molecule has 1 heterocycles. The minimum Gasteiger partial charge on any atom is -0.354 e. The average molecular weight is 323 g/mol. The van der Waals surface area contributed by atoms with E-state index in [2.05, 4.69) is 15.6 Å². The predicted molar refractivity (Wildman–Crippen MR) is 79.3 cm³/mol. The second-order valence-electron chi connectivity index (χ2n) is 4.82. The number of rotatable bonds is 6. The van der Waals surface area contributed by atoms with Gasteiger partial charge in [0.2, 0.25) is 15.9 Å². The van der Waals surface area contributed by atoms with E-state index in [4.69, 9.17) is 5.14 Å². The summed E-state index contributed by atoms with van der Waals surface area (Å²) in [4.78, 5) is 11.8. The summed E-state index contributed by atoms with van der Waals surface area (Å²) in [7, 11) is -3.67. The van der Waals surface area contributed by atoms with Crippen LogP contribution in [-0.4, -0.2) is 35.9 Å². The Morgan fingerprint density at radius 3 is 2.55 bits per heavy atom. The Bertz CT molecular complexity index is 752. The van der Waals surface area contributed by atoms with Crippen LogP contribution in [0.2, 0.25) is 0 Å². The second kappa shape index (κ2) is 6.67. The monoisotopic (exact) mass is 323 g/mol. The maximum Gasteiger partial charge on any atom is 0.241 e. The molecule has 9 heteroatoms. The number of carbonyl (C=O) groups is 1. The molecule has 0 aliphatic rings. The highest BCUT2D eigenvalue weighted by molar-refractivity contribution is 7.89. The Hall–Kier alpha value is -2.26. The molecule has 8 nitrogen and oxygen atoms in total. The van der Waals surface area contributed by atoms with Crippen molar-refractivity contribution in [2.24, 2.45) is 5.14 Å². The van der Waals surface area contributed by atoms with Crippen LogP contribution in [0, 0.1) is 6.92 Å². The minimum atomic E-state index is -3.67. The molecular weight excluding hydrogens is 306 g/mol. The summed E-state index contributed by atoms with van der Waals surface area (Å²) < 4.78 is 23.8. The molecule has 0 unspecified atom stereocenters. The summed E-state index contributed by atoms with van der Waals surface area (Å²) in [5, 5.41) is 15.3. The third-order valence-electron chi connectivity index (χ3n) is 3.09. The fourth-order valence-electron chi connectivity index (χ4n) is 1.85. The zero-order valence-corrected chi connectivity index (χ0v) is 12.9. The highest BCUT2D eigenvalue weighted by Gasteiger charge is 2.08. The van der Waals surface area contributed by atoms with Crippen LogP contribution in [0.4, 0.5) is 0 Å². The molecule has 0 bridgehead atoms. The third-order valence-corrected chi connectivity index (χ3v) is 4.02. The molecule has 0 aliphatic heterocycles. The number of benzene rings is 1. The van der Waals surface area contributed by atoms with Gasteiger partial charge in [-0.15, -0.1) is 5.10 Å². The first-order chi connectivity index (χ1) is 10.4. The molecule has 2 aromatic rings. The molecule has 0 saturated carbocycles. The number of carbonyl (C=O) groups excluding carboxylic acids is 1. The van der Waals surface area contributed by atoms with E-state index < -0.39 is 10.0 Å². The zero-order valence-electron chi connectivity index (χ0n) is 12.1. The largest absolute Gasteiger partial charge is 0.354 e. The van der Waals surface area contributed by atoms with Crippen molar-refractivity contribution < 1.29 is 13.2 Å². The van der Waals surface area contributed by atoms with E-state index >= 15 is 0 Å². The van der Waals surface area contributed by atoms with Gasteiger partial charge in [-0.25, -0.2) is 18.2 Å². The van der Waals surface area contributed by atoms with Crippen LogP contribution >= 0.6 is 0 Å². The lowest BCUT2D eigenvalue weighted by Gasteiger charge is -2.06. The Kier molecular flexibility index (Phi) is 4.88. The smallest absolute Gasteiger partial charge is 0.241 e. The van der Waals surface area contributed by atoms with Crippen LogP contribution < -0.4 is 10.5 Å². The molecule has 0 saturated heterocycles. The van der Waals surface area contributed by atoms with E-state index in [-0.39, 0.29) is 17.3 Å². The second-order valence-corrected chi connectivity index (χ2v) is 6.38. The minimum absolute atomic E-state index is 0.0712. The first-order valence-corrected chi connectivity index (χ1v) is 8.14. The van der Waals surface area contributed by atoms with Gasteiger partial charge in [-0.05, 0) is 31.0 Å². The van der Waals surface area contributed by atoms with E-state index in [1.165, 1.54) is 16.8 Å². The number of nitrogens with zero attached hydrogens (tertiary/aromatic N) is 3. The van der Waals surface area contributed by atoms with Gasteiger partial charge in [0.1, 0.15) is 6.54 Å². The summed E-state index contributed by atoms with van der Waals surface area (Å²) in [6.07, 6.45) is 2.17. The molecule has 0 fully saturated rings. The highest BCUT2D eigenvalue weighted by Crippen LogP contribution is 2.08. The van der Waals surface area contributed by atoms with Gasteiger partial charge >= 0.3 is 0 Å². The van der Waals surface area contributed by atoms with Gasteiger partial charge in [0.15, 0.2) is 0 Å². The number of primary sulfonamides is 1. The van der Waals surface area contributed by atoms with Crippen molar-refractivity contribution in [1.82, 2.24) is 20.3 Å². The number of aryl methyl sites for hydroxylation is 1. The number of sulfonamides is 1. The summed E-state index contributed by atoms with van der Waals surface area (Å²) in [6, 6.07) is 6.25. The van der Waals surface area contributed by atoms with Gasteiger partial charge in [0.05, 0.1) is 16.8 Å². The van der Waals surface area contributed by atoms with Gasteiger partial charge in [-0.2, -0.15) is 0 Å². The average Bonchev–Trinajstić information content (AvgIpc) is 2.84. The lowest BCUT2D eigenvalue weighted by Crippen LogP contribution is -2.30. The van der Waals surface area contributed by atoms with Crippen LogP contribution in [0.1, 0.15) is 11.3 Å².